The van der Waals surface area contributed by atoms with E-state index in [4.69, 9.17) is 5.73 Å². The lowest BCUT2D eigenvalue weighted by Gasteiger charge is -2.20. The third-order valence-electron chi connectivity index (χ3n) is 3.30. The number of hydrogen-bond acceptors (Lipinski definition) is 3. The van der Waals surface area contributed by atoms with Crippen molar-refractivity contribution in [2.24, 2.45) is 18.7 Å². The number of nitrogens with zero attached hydrogens (tertiary/aromatic N) is 2. The van der Waals surface area contributed by atoms with Crippen LogP contribution in [-0.2, 0) is 11.8 Å². The number of carbonyl (C=O) groups excluding carboxylic acids is 2. The van der Waals surface area contributed by atoms with Gasteiger partial charge in [-0.3, -0.25) is 14.3 Å². The number of nitrogens with one attached hydrogen (secondary N) is 1. The minimum atomic E-state index is -0.630. The molecule has 18 heavy (non-hydrogen) atoms. The van der Waals surface area contributed by atoms with Gasteiger partial charge in [0.1, 0.15) is 0 Å². The summed E-state index contributed by atoms with van der Waals surface area (Å²) < 4.78 is 1.47. The fourth-order valence-corrected chi connectivity index (χ4v) is 2.36. The van der Waals surface area contributed by atoms with Crippen LogP contribution in [0.4, 0.5) is 5.69 Å². The van der Waals surface area contributed by atoms with E-state index in [9.17, 15) is 9.59 Å². The first-order chi connectivity index (χ1) is 8.58. The molecule has 1 heterocycles. The second-order valence-corrected chi connectivity index (χ2v) is 4.75. The third kappa shape index (κ3) is 2.69. The normalized spacial score (nSPS) is 16.5. The van der Waals surface area contributed by atoms with Crippen LogP contribution >= 0.6 is 0 Å². The third-order valence-corrected chi connectivity index (χ3v) is 3.30. The Labute approximate surface area is 106 Å². The molecule has 1 fully saturated rings. The molecule has 3 N–H and O–H groups in total. The molecule has 0 bridgehead atoms. The molecule has 6 nitrogen and oxygen atoms in total. The molecule has 2 amide bonds. The fraction of sp³-hybridized carbons (Fsp3) is 0.583. The average Bonchev–Trinajstić information content (AvgIpc) is 2.71. The highest BCUT2D eigenvalue weighted by molar-refractivity contribution is 6.01. The standard InChI is InChI=1S/C12H18N4O2/c1-16-7-9(10(15-16)11(13)17)14-12(18)8-5-3-2-4-6-8/h7-8H,2-6H2,1H3,(H2,13,17)(H,14,18). The molecule has 1 aromatic rings. The molecule has 0 spiro atoms. The molecule has 1 saturated carbocycles. The van der Waals surface area contributed by atoms with Crippen molar-refractivity contribution in [1.82, 2.24) is 9.78 Å². The summed E-state index contributed by atoms with van der Waals surface area (Å²) in [6.07, 6.45) is 6.81. The number of aromatic nitrogens is 2. The van der Waals surface area contributed by atoms with Gasteiger partial charge in [0.05, 0.1) is 5.69 Å². The van der Waals surface area contributed by atoms with Gasteiger partial charge >= 0.3 is 0 Å². The summed E-state index contributed by atoms with van der Waals surface area (Å²) in [6.45, 7) is 0. The summed E-state index contributed by atoms with van der Waals surface area (Å²) in [4.78, 5) is 23.2. The molecule has 0 aliphatic heterocycles. The van der Waals surface area contributed by atoms with Gasteiger partial charge in [0.15, 0.2) is 5.69 Å². The Morgan fingerprint density at radius 3 is 2.67 bits per heavy atom. The molecule has 0 atom stereocenters. The summed E-state index contributed by atoms with van der Waals surface area (Å²) in [7, 11) is 1.68. The first-order valence-corrected chi connectivity index (χ1v) is 6.22. The van der Waals surface area contributed by atoms with Crippen LogP contribution < -0.4 is 11.1 Å². The predicted octanol–water partition coefficient (Wildman–Crippen LogP) is 1.04. The number of amides is 2. The van der Waals surface area contributed by atoms with Gasteiger partial charge in [0.2, 0.25) is 5.91 Å². The van der Waals surface area contributed by atoms with Crippen molar-refractivity contribution in [3.05, 3.63) is 11.9 Å². The topological polar surface area (TPSA) is 90.0 Å². The van der Waals surface area contributed by atoms with Crippen LogP contribution in [0, 0.1) is 5.92 Å². The van der Waals surface area contributed by atoms with Gasteiger partial charge in [-0.15, -0.1) is 0 Å². The van der Waals surface area contributed by atoms with Crippen molar-refractivity contribution in [2.75, 3.05) is 5.32 Å². The maximum atomic E-state index is 12.1. The number of nitrogens with two attached hydrogens (primary N) is 1. The lowest BCUT2D eigenvalue weighted by atomic mass is 9.88. The van der Waals surface area contributed by atoms with E-state index in [1.807, 2.05) is 0 Å². The molecule has 0 saturated heterocycles. The molecule has 0 aromatic carbocycles. The van der Waals surface area contributed by atoms with Crippen LogP contribution in [0.15, 0.2) is 6.20 Å². The first kappa shape index (κ1) is 12.6. The van der Waals surface area contributed by atoms with Gasteiger partial charge in [-0.2, -0.15) is 5.10 Å². The number of carbonyl (C=O) groups is 2. The number of anilines is 1. The van der Waals surface area contributed by atoms with Gasteiger partial charge in [-0.25, -0.2) is 0 Å². The highest BCUT2D eigenvalue weighted by atomic mass is 16.2. The highest BCUT2D eigenvalue weighted by Crippen LogP contribution is 2.25. The minimum Gasteiger partial charge on any atom is -0.364 e. The minimum absolute atomic E-state index is 0.0369. The lowest BCUT2D eigenvalue weighted by molar-refractivity contribution is -0.120. The van der Waals surface area contributed by atoms with Crippen molar-refractivity contribution in [3.8, 4) is 0 Å². The van der Waals surface area contributed by atoms with E-state index < -0.39 is 5.91 Å². The summed E-state index contributed by atoms with van der Waals surface area (Å²) in [5.41, 5.74) is 5.73. The Morgan fingerprint density at radius 1 is 1.39 bits per heavy atom. The second kappa shape index (κ2) is 5.20. The van der Waals surface area contributed by atoms with Crippen LogP contribution in [0.3, 0.4) is 0 Å². The van der Waals surface area contributed by atoms with Crippen LogP contribution in [0.2, 0.25) is 0 Å². The smallest absolute Gasteiger partial charge is 0.271 e. The molecule has 0 radical (unpaired) electrons. The quantitative estimate of drug-likeness (QED) is 0.839. The molecule has 2 rings (SSSR count). The molecule has 1 aliphatic rings. The van der Waals surface area contributed by atoms with E-state index >= 15 is 0 Å². The van der Waals surface area contributed by atoms with Crippen LogP contribution in [0.25, 0.3) is 0 Å². The Hall–Kier alpha value is -1.85. The lowest BCUT2D eigenvalue weighted by Crippen LogP contribution is -2.26. The van der Waals surface area contributed by atoms with Crippen molar-refractivity contribution in [2.45, 2.75) is 32.1 Å². The SMILES string of the molecule is Cn1cc(NC(=O)C2CCCCC2)c(C(N)=O)n1. The van der Waals surface area contributed by atoms with Crippen molar-refractivity contribution < 1.29 is 9.59 Å². The summed E-state index contributed by atoms with van der Waals surface area (Å²) in [5, 5.41) is 6.70. The molecule has 0 unspecified atom stereocenters. The van der Waals surface area contributed by atoms with E-state index in [0.717, 1.165) is 25.7 Å². The van der Waals surface area contributed by atoms with Gasteiger partial charge in [-0.1, -0.05) is 19.3 Å². The average molecular weight is 250 g/mol. The van der Waals surface area contributed by atoms with Crippen LogP contribution in [0.1, 0.15) is 42.6 Å². The monoisotopic (exact) mass is 250 g/mol. The molecular weight excluding hydrogens is 232 g/mol. The van der Waals surface area contributed by atoms with E-state index in [1.165, 1.54) is 11.1 Å². The highest BCUT2D eigenvalue weighted by Gasteiger charge is 2.23. The van der Waals surface area contributed by atoms with Gasteiger partial charge in [0, 0.05) is 19.2 Å². The molecular formula is C12H18N4O2. The van der Waals surface area contributed by atoms with E-state index in [1.54, 1.807) is 13.2 Å². The fourth-order valence-electron chi connectivity index (χ4n) is 2.36. The van der Waals surface area contributed by atoms with E-state index in [0.29, 0.717) is 5.69 Å². The van der Waals surface area contributed by atoms with Crippen molar-refractivity contribution >= 4 is 17.5 Å². The zero-order valence-electron chi connectivity index (χ0n) is 10.5. The maximum Gasteiger partial charge on any atom is 0.271 e. The largest absolute Gasteiger partial charge is 0.364 e. The second-order valence-electron chi connectivity index (χ2n) is 4.75. The zero-order chi connectivity index (χ0) is 13.1. The Morgan fingerprint density at radius 2 is 2.06 bits per heavy atom. The predicted molar refractivity (Wildman–Crippen MR) is 66.9 cm³/mol. The van der Waals surface area contributed by atoms with Gasteiger partial charge in [0.25, 0.3) is 5.91 Å². The number of aryl methyl sites for hydroxylation is 1. The van der Waals surface area contributed by atoms with Gasteiger partial charge in [-0.05, 0) is 12.8 Å². The molecule has 1 aliphatic carbocycles. The zero-order valence-corrected chi connectivity index (χ0v) is 10.5. The first-order valence-electron chi connectivity index (χ1n) is 6.22. The molecule has 1 aromatic heterocycles. The maximum absolute atomic E-state index is 12.1. The van der Waals surface area contributed by atoms with Crippen LogP contribution in [0.5, 0.6) is 0 Å². The number of hydrogen-bond donors (Lipinski definition) is 2. The molecule has 98 valence electrons. The summed E-state index contributed by atoms with van der Waals surface area (Å²) in [6, 6.07) is 0. The summed E-state index contributed by atoms with van der Waals surface area (Å²) >= 11 is 0. The van der Waals surface area contributed by atoms with Crippen molar-refractivity contribution in [1.29, 1.82) is 0 Å². The van der Waals surface area contributed by atoms with E-state index in [2.05, 4.69) is 10.4 Å². The Kier molecular flexibility index (Phi) is 3.64. The van der Waals surface area contributed by atoms with E-state index in [-0.39, 0.29) is 17.5 Å². The van der Waals surface area contributed by atoms with Crippen molar-refractivity contribution in [3.63, 3.8) is 0 Å². The molecule has 6 heteroatoms. The Bertz CT molecular complexity index is 461. The number of primary amides is 1. The van der Waals surface area contributed by atoms with Crippen LogP contribution in [-0.4, -0.2) is 21.6 Å². The number of rotatable bonds is 3. The Balaban J connectivity index is 2.08. The summed E-state index contributed by atoms with van der Waals surface area (Å²) in [5.74, 6) is -0.626. The van der Waals surface area contributed by atoms with Gasteiger partial charge < -0.3 is 11.1 Å².